The van der Waals surface area contributed by atoms with Crippen LogP contribution in [0.3, 0.4) is 0 Å². The van der Waals surface area contributed by atoms with Gasteiger partial charge in [0.05, 0.1) is 22.9 Å². The van der Waals surface area contributed by atoms with Gasteiger partial charge in [-0.1, -0.05) is 12.1 Å². The number of amides is 1. The van der Waals surface area contributed by atoms with Crippen molar-refractivity contribution in [3.05, 3.63) is 65.5 Å². The Bertz CT molecular complexity index is 1140. The lowest BCUT2D eigenvalue weighted by Gasteiger charge is -2.31. The van der Waals surface area contributed by atoms with Crippen LogP contribution in [0.5, 0.6) is 0 Å². The first kappa shape index (κ1) is 21.5. The van der Waals surface area contributed by atoms with Crippen molar-refractivity contribution >= 4 is 34.6 Å². The number of halogens is 2. The van der Waals surface area contributed by atoms with E-state index in [0.29, 0.717) is 36.0 Å². The number of carbonyl (C=O) groups excluding carboxylic acids is 2. The molecule has 0 radical (unpaired) electrons. The maximum absolute atomic E-state index is 14.1. The zero-order chi connectivity index (χ0) is 23.0. The van der Waals surface area contributed by atoms with E-state index in [1.54, 1.807) is 36.0 Å². The summed E-state index contributed by atoms with van der Waals surface area (Å²) in [6.45, 7) is 0.605. The van der Waals surface area contributed by atoms with E-state index < -0.39 is 17.5 Å². The van der Waals surface area contributed by atoms with Crippen LogP contribution in [0.25, 0.3) is 0 Å². The van der Waals surface area contributed by atoms with Gasteiger partial charge in [0.25, 0.3) is 5.91 Å². The Hall–Kier alpha value is -3.75. The number of nitrogens with one attached hydrogen (secondary N) is 2. The summed E-state index contributed by atoms with van der Waals surface area (Å²) in [5.41, 5.74) is 1.07. The third kappa shape index (κ3) is 3.81. The van der Waals surface area contributed by atoms with Crippen LogP contribution in [0.1, 0.15) is 12.8 Å². The summed E-state index contributed by atoms with van der Waals surface area (Å²) in [5, 5.41) is 10.6. The number of anilines is 3. The number of rotatable bonds is 5. The molecular formula is C23H23F2N5O2. The van der Waals surface area contributed by atoms with Gasteiger partial charge in [-0.25, -0.2) is 8.78 Å². The monoisotopic (exact) mass is 439 g/mol. The molecule has 32 heavy (non-hydrogen) atoms. The van der Waals surface area contributed by atoms with Gasteiger partial charge in [0.1, 0.15) is 23.0 Å². The summed E-state index contributed by atoms with van der Waals surface area (Å²) >= 11 is 0. The van der Waals surface area contributed by atoms with Crippen LogP contribution < -0.4 is 15.1 Å². The molecule has 0 atom stereocenters. The molecule has 166 valence electrons. The lowest BCUT2D eigenvalue weighted by Crippen LogP contribution is -2.41. The number of benzene rings is 2. The minimum absolute atomic E-state index is 0.0296. The van der Waals surface area contributed by atoms with Gasteiger partial charge in [-0.3, -0.25) is 15.0 Å². The fraction of sp³-hybridized carbons (Fsp3) is 0.261. The molecule has 4 rings (SSSR count). The van der Waals surface area contributed by atoms with Gasteiger partial charge in [-0.05, 0) is 30.3 Å². The number of hydrogen-bond donors (Lipinski definition) is 2. The van der Waals surface area contributed by atoms with Gasteiger partial charge in [-0.2, -0.15) is 0 Å². The number of carbonyl (C=O) groups is 2. The van der Waals surface area contributed by atoms with E-state index in [1.165, 1.54) is 30.3 Å². The molecule has 7 nitrogen and oxygen atoms in total. The van der Waals surface area contributed by atoms with Gasteiger partial charge < -0.3 is 20.0 Å². The molecule has 0 saturated carbocycles. The van der Waals surface area contributed by atoms with Gasteiger partial charge in [0.15, 0.2) is 5.78 Å². The largest absolute Gasteiger partial charge is 0.367 e. The second-order valence-electron chi connectivity index (χ2n) is 7.83. The first-order valence-corrected chi connectivity index (χ1v) is 10.2. The zero-order valence-electron chi connectivity index (χ0n) is 17.8. The number of Topliss-reactive ketones (excluding diaryl/α,β-unsaturated/α-hetero) is 1. The zero-order valence-corrected chi connectivity index (χ0v) is 17.8. The number of nitrogens with zero attached hydrogens (tertiary/aromatic N) is 3. The maximum Gasteiger partial charge on any atom is 0.263 e. The number of amidine groups is 1. The van der Waals surface area contributed by atoms with Crippen LogP contribution in [0.15, 0.2) is 53.9 Å². The van der Waals surface area contributed by atoms with E-state index in [2.05, 4.69) is 5.32 Å². The minimum Gasteiger partial charge on any atom is -0.367 e. The third-order valence-corrected chi connectivity index (χ3v) is 5.56. The molecule has 2 aliphatic heterocycles. The fourth-order valence-corrected chi connectivity index (χ4v) is 3.92. The SMILES string of the molecule is CN(C)C(=N)CCN1C2=C(C(=O)Nc3ccccc3F)C(=O)CCN2c2ccc(F)cc21. The van der Waals surface area contributed by atoms with Crippen LogP contribution in [0.2, 0.25) is 0 Å². The second kappa shape index (κ2) is 8.41. The van der Waals surface area contributed by atoms with Gasteiger partial charge in [0, 0.05) is 40.0 Å². The van der Waals surface area contributed by atoms with Crippen LogP contribution in [-0.2, 0) is 9.59 Å². The second-order valence-corrected chi connectivity index (χ2v) is 7.83. The summed E-state index contributed by atoms with van der Waals surface area (Å²) in [6, 6.07) is 10.0. The average Bonchev–Trinajstić information content (AvgIpc) is 3.05. The summed E-state index contributed by atoms with van der Waals surface area (Å²) < 4.78 is 28.2. The Kier molecular flexibility index (Phi) is 5.65. The molecule has 0 spiro atoms. The predicted molar refractivity (Wildman–Crippen MR) is 119 cm³/mol. The van der Waals surface area contributed by atoms with Crippen LogP contribution >= 0.6 is 0 Å². The molecule has 2 heterocycles. The van der Waals surface area contributed by atoms with Gasteiger partial charge >= 0.3 is 0 Å². The first-order chi connectivity index (χ1) is 15.3. The molecule has 0 aliphatic carbocycles. The molecule has 1 amide bonds. The number of fused-ring (bicyclic) bond motifs is 3. The van der Waals surface area contributed by atoms with Crippen molar-refractivity contribution in [2.24, 2.45) is 0 Å². The van der Waals surface area contributed by atoms with Crippen LogP contribution in [0, 0.1) is 17.0 Å². The van der Waals surface area contributed by atoms with Crippen molar-refractivity contribution in [3.8, 4) is 0 Å². The Morgan fingerprint density at radius 3 is 2.62 bits per heavy atom. The van der Waals surface area contributed by atoms with Crippen LogP contribution in [0.4, 0.5) is 25.8 Å². The van der Waals surface area contributed by atoms with Crippen molar-refractivity contribution in [3.63, 3.8) is 0 Å². The highest BCUT2D eigenvalue weighted by atomic mass is 19.1. The van der Waals surface area contributed by atoms with Crippen molar-refractivity contribution < 1.29 is 18.4 Å². The molecular weight excluding hydrogens is 416 g/mol. The molecule has 2 N–H and O–H groups in total. The maximum atomic E-state index is 14.1. The van der Waals surface area contributed by atoms with E-state index in [1.807, 2.05) is 4.90 Å². The van der Waals surface area contributed by atoms with E-state index in [0.717, 1.165) is 0 Å². The lowest BCUT2D eigenvalue weighted by molar-refractivity contribution is -0.120. The first-order valence-electron chi connectivity index (χ1n) is 10.2. The van der Waals surface area contributed by atoms with E-state index >= 15 is 0 Å². The van der Waals surface area contributed by atoms with Crippen molar-refractivity contribution in [1.82, 2.24) is 4.90 Å². The topological polar surface area (TPSA) is 79.7 Å². The Balaban J connectivity index is 1.78. The molecule has 0 aromatic heterocycles. The average molecular weight is 439 g/mol. The highest BCUT2D eigenvalue weighted by molar-refractivity contribution is 6.25. The van der Waals surface area contributed by atoms with Gasteiger partial charge in [0.2, 0.25) is 0 Å². The minimum atomic E-state index is -0.722. The summed E-state index contributed by atoms with van der Waals surface area (Å²) in [5.74, 6) is -1.46. The summed E-state index contributed by atoms with van der Waals surface area (Å²) in [6.07, 6.45) is 0.415. The molecule has 0 saturated heterocycles. The van der Waals surface area contributed by atoms with Gasteiger partial charge in [-0.15, -0.1) is 0 Å². The highest BCUT2D eigenvalue weighted by Crippen LogP contribution is 2.45. The quantitative estimate of drug-likeness (QED) is 0.424. The molecule has 2 aromatic carbocycles. The van der Waals surface area contributed by atoms with Crippen molar-refractivity contribution in [1.29, 1.82) is 5.41 Å². The number of para-hydroxylation sites is 1. The molecule has 2 aromatic rings. The third-order valence-electron chi connectivity index (χ3n) is 5.56. The van der Waals surface area contributed by atoms with E-state index in [-0.39, 0.29) is 30.0 Å². The highest BCUT2D eigenvalue weighted by Gasteiger charge is 2.41. The molecule has 0 fully saturated rings. The van der Waals surface area contributed by atoms with Crippen molar-refractivity contribution in [2.45, 2.75) is 12.8 Å². The Labute approximate surface area is 184 Å². The number of ketones is 1. The van der Waals surface area contributed by atoms with E-state index in [4.69, 9.17) is 5.41 Å². The summed E-state index contributed by atoms with van der Waals surface area (Å²) in [4.78, 5) is 31.2. The Morgan fingerprint density at radius 2 is 1.91 bits per heavy atom. The normalized spacial score (nSPS) is 14.9. The predicted octanol–water partition coefficient (Wildman–Crippen LogP) is 3.34. The standard InChI is InChI=1S/C23H23F2N5O2/c1-28(2)20(26)10-12-30-18-13-14(24)7-8-17(18)29-11-9-19(31)21(23(29)30)22(32)27-16-6-4-3-5-15(16)25/h3-8,13,26H,9-12H2,1-2H3,(H,27,32). The number of hydrogen-bond acceptors (Lipinski definition) is 5. The Morgan fingerprint density at radius 1 is 1.16 bits per heavy atom. The molecule has 0 bridgehead atoms. The van der Waals surface area contributed by atoms with Crippen molar-refractivity contribution in [2.75, 3.05) is 42.3 Å². The fourth-order valence-electron chi connectivity index (χ4n) is 3.92. The van der Waals surface area contributed by atoms with Crippen LogP contribution in [-0.4, -0.2) is 49.6 Å². The molecule has 2 aliphatic rings. The molecule has 9 heteroatoms. The summed E-state index contributed by atoms with van der Waals surface area (Å²) in [7, 11) is 3.51. The smallest absolute Gasteiger partial charge is 0.263 e. The molecule has 0 unspecified atom stereocenters. The van der Waals surface area contributed by atoms with E-state index in [9.17, 15) is 18.4 Å². The lowest BCUT2D eigenvalue weighted by atomic mass is 10.0.